The number of carbonyl (C=O) groups is 2. The number of amides is 1. The number of methoxy groups -OCH3 is 3. The lowest BCUT2D eigenvalue weighted by Crippen LogP contribution is -2.42. The van der Waals surface area contributed by atoms with Gasteiger partial charge in [-0.15, -0.1) is 0 Å². The van der Waals surface area contributed by atoms with E-state index >= 15 is 0 Å². The summed E-state index contributed by atoms with van der Waals surface area (Å²) in [4.78, 5) is 24.3. The van der Waals surface area contributed by atoms with E-state index in [1.165, 1.54) is 57.7 Å². The van der Waals surface area contributed by atoms with Gasteiger partial charge in [0.2, 0.25) is 11.7 Å². The van der Waals surface area contributed by atoms with Gasteiger partial charge >= 0.3 is 5.97 Å². The second kappa shape index (κ2) is 10.0. The van der Waals surface area contributed by atoms with Crippen LogP contribution < -0.4 is 14.8 Å². The lowest BCUT2D eigenvalue weighted by atomic mass is 10.1. The molecule has 0 saturated heterocycles. The Hall–Kier alpha value is -3.68. The zero-order valence-corrected chi connectivity index (χ0v) is 16.3. The molecule has 3 N–H and O–H groups in total. The zero-order valence-electron chi connectivity index (χ0n) is 16.3. The van der Waals surface area contributed by atoms with E-state index in [2.05, 4.69) is 5.32 Å². The Kier molecular flexibility index (Phi) is 7.47. The van der Waals surface area contributed by atoms with E-state index in [-0.39, 0.29) is 29.4 Å². The van der Waals surface area contributed by atoms with Crippen LogP contribution in [0, 0.1) is 0 Å². The molecule has 0 aromatic heterocycles. The van der Waals surface area contributed by atoms with Crippen LogP contribution in [-0.4, -0.2) is 49.5 Å². The largest absolute Gasteiger partial charge is 0.508 e. The molecule has 1 atom stereocenters. The fraction of sp³-hybridized carbons (Fsp3) is 0.238. The van der Waals surface area contributed by atoms with Crippen molar-refractivity contribution in [1.82, 2.24) is 5.32 Å². The summed E-state index contributed by atoms with van der Waals surface area (Å²) >= 11 is 0. The molecule has 2 aromatic rings. The maximum Gasteiger partial charge on any atom is 0.328 e. The van der Waals surface area contributed by atoms with E-state index in [4.69, 9.17) is 14.2 Å². The van der Waals surface area contributed by atoms with Crippen molar-refractivity contribution in [3.63, 3.8) is 0 Å². The maximum absolute atomic E-state index is 12.3. The van der Waals surface area contributed by atoms with E-state index in [9.17, 15) is 19.8 Å². The molecule has 1 amide bonds. The smallest absolute Gasteiger partial charge is 0.328 e. The molecule has 0 saturated carbocycles. The third-order valence-electron chi connectivity index (χ3n) is 4.11. The summed E-state index contributed by atoms with van der Waals surface area (Å²) in [6.07, 6.45) is 2.94. The van der Waals surface area contributed by atoms with Gasteiger partial charge in [0, 0.05) is 12.5 Å². The zero-order chi connectivity index (χ0) is 21.4. The fourth-order valence-corrected chi connectivity index (χ4v) is 2.61. The van der Waals surface area contributed by atoms with Crippen molar-refractivity contribution in [2.75, 3.05) is 21.3 Å². The van der Waals surface area contributed by atoms with Crippen molar-refractivity contribution in [2.45, 2.75) is 12.5 Å². The predicted octanol–water partition coefficient (Wildman–Crippen LogP) is 2.03. The first-order chi connectivity index (χ1) is 13.9. The van der Waals surface area contributed by atoms with Crippen molar-refractivity contribution in [1.29, 1.82) is 0 Å². The summed E-state index contributed by atoms with van der Waals surface area (Å²) in [6, 6.07) is 8.48. The van der Waals surface area contributed by atoms with E-state index in [1.54, 1.807) is 12.1 Å². The standard InChI is InChI=1S/C21H23NO7/c1-27-17-11-14(12-18(28-2)20(17)25)6-9-19(24)22-16(21(26)29-3)10-13-4-7-15(23)8-5-13/h4-9,11-12,16,23,25H,10H2,1-3H3,(H,22,24)/b9-6+/t16-/m0/s1. The van der Waals surface area contributed by atoms with Gasteiger partial charge in [-0.05, 0) is 41.5 Å². The van der Waals surface area contributed by atoms with Crippen molar-refractivity contribution >= 4 is 18.0 Å². The number of rotatable bonds is 8. The van der Waals surface area contributed by atoms with Gasteiger partial charge in [0.25, 0.3) is 0 Å². The third-order valence-corrected chi connectivity index (χ3v) is 4.11. The SMILES string of the molecule is COC(=O)[C@H](Cc1ccc(O)cc1)NC(=O)/C=C/c1cc(OC)c(O)c(OC)c1. The topological polar surface area (TPSA) is 114 Å². The summed E-state index contributed by atoms with van der Waals surface area (Å²) in [5.74, 6) is -0.738. The van der Waals surface area contributed by atoms with Crippen molar-refractivity contribution in [3.05, 3.63) is 53.6 Å². The van der Waals surface area contributed by atoms with Crippen LogP contribution in [0.25, 0.3) is 6.08 Å². The fourth-order valence-electron chi connectivity index (χ4n) is 2.61. The highest BCUT2D eigenvalue weighted by Crippen LogP contribution is 2.37. The molecule has 154 valence electrons. The first-order valence-electron chi connectivity index (χ1n) is 8.67. The molecule has 2 aromatic carbocycles. The number of carbonyl (C=O) groups excluding carboxylic acids is 2. The molecule has 8 nitrogen and oxygen atoms in total. The van der Waals surface area contributed by atoms with Gasteiger partial charge in [0.05, 0.1) is 21.3 Å². The van der Waals surface area contributed by atoms with Crippen LogP contribution in [0.5, 0.6) is 23.0 Å². The molecule has 0 aliphatic heterocycles. The number of benzene rings is 2. The van der Waals surface area contributed by atoms with Crippen LogP contribution in [0.15, 0.2) is 42.5 Å². The normalized spacial score (nSPS) is 11.7. The van der Waals surface area contributed by atoms with Gasteiger partial charge in [-0.25, -0.2) is 4.79 Å². The van der Waals surface area contributed by atoms with Crippen molar-refractivity contribution in [2.24, 2.45) is 0 Å². The third kappa shape index (κ3) is 5.90. The minimum atomic E-state index is -0.898. The van der Waals surface area contributed by atoms with Gasteiger partial charge in [-0.3, -0.25) is 4.79 Å². The van der Waals surface area contributed by atoms with Gasteiger partial charge in [0.1, 0.15) is 11.8 Å². The number of hydrogen-bond donors (Lipinski definition) is 3. The Morgan fingerprint density at radius 1 is 1.03 bits per heavy atom. The first-order valence-corrected chi connectivity index (χ1v) is 8.67. The second-order valence-electron chi connectivity index (χ2n) is 6.06. The van der Waals surface area contributed by atoms with Crippen LogP contribution in [0.1, 0.15) is 11.1 Å². The van der Waals surface area contributed by atoms with Crippen molar-refractivity contribution < 1.29 is 34.0 Å². The van der Waals surface area contributed by atoms with Crippen LogP contribution in [-0.2, 0) is 20.7 Å². The van der Waals surface area contributed by atoms with Crippen LogP contribution in [0.2, 0.25) is 0 Å². The Balaban J connectivity index is 2.13. The molecular formula is C21H23NO7. The molecule has 0 unspecified atom stereocenters. The Labute approximate surface area is 168 Å². The van der Waals surface area contributed by atoms with Crippen LogP contribution >= 0.6 is 0 Å². The molecule has 0 bridgehead atoms. The highest BCUT2D eigenvalue weighted by molar-refractivity contribution is 5.94. The molecule has 29 heavy (non-hydrogen) atoms. The molecule has 0 radical (unpaired) electrons. The summed E-state index contributed by atoms with van der Waals surface area (Å²) < 4.78 is 14.9. The summed E-state index contributed by atoms with van der Waals surface area (Å²) in [5.41, 5.74) is 1.30. The second-order valence-corrected chi connectivity index (χ2v) is 6.06. The lowest BCUT2D eigenvalue weighted by Gasteiger charge is -2.15. The average Bonchev–Trinajstić information content (AvgIpc) is 2.73. The minimum absolute atomic E-state index is 0.107. The maximum atomic E-state index is 12.3. The molecule has 0 aliphatic carbocycles. The number of esters is 1. The highest BCUT2D eigenvalue weighted by Gasteiger charge is 2.21. The number of phenolic OH excluding ortho intramolecular Hbond substituents is 2. The summed E-state index contributed by atoms with van der Waals surface area (Å²) in [5, 5.41) is 21.9. The summed E-state index contributed by atoms with van der Waals surface area (Å²) in [7, 11) is 4.04. The van der Waals surface area contributed by atoms with Crippen LogP contribution in [0.4, 0.5) is 0 Å². The molecule has 2 rings (SSSR count). The predicted molar refractivity (Wildman–Crippen MR) is 106 cm³/mol. The molecular weight excluding hydrogens is 378 g/mol. The van der Waals surface area contributed by atoms with E-state index in [1.807, 2.05) is 0 Å². The average molecular weight is 401 g/mol. The Morgan fingerprint density at radius 2 is 1.62 bits per heavy atom. The van der Waals surface area contributed by atoms with Gasteiger partial charge in [-0.1, -0.05) is 12.1 Å². The molecule has 0 fully saturated rings. The quantitative estimate of drug-likeness (QED) is 0.458. The minimum Gasteiger partial charge on any atom is -0.508 e. The highest BCUT2D eigenvalue weighted by atomic mass is 16.5. The number of hydrogen-bond acceptors (Lipinski definition) is 7. The van der Waals surface area contributed by atoms with Gasteiger partial charge in [-0.2, -0.15) is 0 Å². The van der Waals surface area contributed by atoms with E-state index < -0.39 is 17.9 Å². The molecule has 0 aliphatic rings. The Morgan fingerprint density at radius 3 is 2.14 bits per heavy atom. The van der Waals surface area contributed by atoms with Gasteiger partial charge in [0.15, 0.2) is 11.5 Å². The first kappa shape index (κ1) is 21.6. The molecule has 0 heterocycles. The van der Waals surface area contributed by atoms with E-state index in [0.717, 1.165) is 5.56 Å². The monoisotopic (exact) mass is 401 g/mol. The number of ether oxygens (including phenoxy) is 3. The van der Waals surface area contributed by atoms with E-state index in [0.29, 0.717) is 5.56 Å². The van der Waals surface area contributed by atoms with Crippen molar-refractivity contribution in [3.8, 4) is 23.0 Å². The van der Waals surface area contributed by atoms with Gasteiger partial charge < -0.3 is 29.7 Å². The Bertz CT molecular complexity index is 865. The van der Waals surface area contributed by atoms with Crippen LogP contribution in [0.3, 0.4) is 0 Å². The summed E-state index contributed by atoms with van der Waals surface area (Å²) in [6.45, 7) is 0. The number of nitrogens with one attached hydrogen (secondary N) is 1. The number of aromatic hydroxyl groups is 2. The molecule has 0 spiro atoms. The molecule has 8 heteroatoms. The number of phenols is 2. The lowest BCUT2D eigenvalue weighted by molar-refractivity contribution is -0.144.